The van der Waals surface area contributed by atoms with Gasteiger partial charge >= 0.3 is 0 Å². The summed E-state index contributed by atoms with van der Waals surface area (Å²) < 4.78 is 6.47. The lowest BCUT2D eigenvalue weighted by Gasteiger charge is -2.43. The molecular weight excluding hydrogens is 246 g/mol. The highest BCUT2D eigenvalue weighted by atomic mass is 35.5. The monoisotopic (exact) mass is 265 g/mol. The molecule has 1 aromatic rings. The van der Waals surface area contributed by atoms with Crippen molar-refractivity contribution >= 4 is 11.6 Å². The Morgan fingerprint density at radius 1 is 1.22 bits per heavy atom. The van der Waals surface area contributed by atoms with E-state index in [1.807, 2.05) is 12.1 Å². The van der Waals surface area contributed by atoms with E-state index in [9.17, 15) is 0 Å². The molecule has 1 spiro atoms. The number of nitrogens with one attached hydrogen (secondary N) is 1. The molecule has 0 aromatic heterocycles. The molecule has 2 nitrogen and oxygen atoms in total. The average molecular weight is 266 g/mol. The Morgan fingerprint density at radius 3 is 2.56 bits per heavy atom. The lowest BCUT2D eigenvalue weighted by Crippen LogP contribution is -2.53. The predicted octanol–water partition coefficient (Wildman–Crippen LogP) is 3.70. The predicted molar refractivity (Wildman–Crippen MR) is 73.9 cm³/mol. The van der Waals surface area contributed by atoms with Crippen molar-refractivity contribution in [3.63, 3.8) is 0 Å². The molecule has 1 N–H and O–H groups in total. The Balaban J connectivity index is 1.82. The second-order valence-corrected chi connectivity index (χ2v) is 6.09. The summed E-state index contributed by atoms with van der Waals surface area (Å²) in [5.74, 6) is 0. The van der Waals surface area contributed by atoms with Gasteiger partial charge < -0.3 is 10.1 Å². The van der Waals surface area contributed by atoms with Crippen molar-refractivity contribution in [3.05, 3.63) is 34.9 Å². The van der Waals surface area contributed by atoms with Crippen LogP contribution in [0.2, 0.25) is 5.02 Å². The smallest absolute Gasteiger partial charge is 0.0983 e. The quantitative estimate of drug-likeness (QED) is 0.836. The zero-order chi connectivity index (χ0) is 12.6. The van der Waals surface area contributed by atoms with Gasteiger partial charge in [0, 0.05) is 17.6 Å². The molecule has 1 heterocycles. The van der Waals surface area contributed by atoms with E-state index in [1.165, 1.54) is 31.2 Å². The molecule has 2 fully saturated rings. The van der Waals surface area contributed by atoms with E-state index >= 15 is 0 Å². The van der Waals surface area contributed by atoms with Crippen molar-refractivity contribution in [2.24, 2.45) is 0 Å². The van der Waals surface area contributed by atoms with E-state index in [0.717, 1.165) is 11.6 Å². The van der Waals surface area contributed by atoms with Crippen LogP contribution in [0.5, 0.6) is 0 Å². The zero-order valence-electron chi connectivity index (χ0n) is 10.8. The minimum Gasteiger partial charge on any atom is -0.364 e. The fourth-order valence-electron chi connectivity index (χ4n) is 3.19. The van der Waals surface area contributed by atoms with Gasteiger partial charge in [-0.15, -0.1) is 0 Å². The summed E-state index contributed by atoms with van der Waals surface area (Å²) in [5, 5.41) is 4.40. The Bertz CT molecular complexity index is 411. The van der Waals surface area contributed by atoms with E-state index in [4.69, 9.17) is 16.3 Å². The van der Waals surface area contributed by atoms with E-state index in [1.54, 1.807) is 0 Å². The third-order valence-corrected chi connectivity index (χ3v) is 4.54. The lowest BCUT2D eigenvalue weighted by molar-refractivity contribution is -0.131. The summed E-state index contributed by atoms with van der Waals surface area (Å²) >= 11 is 5.95. The fourth-order valence-corrected chi connectivity index (χ4v) is 3.32. The number of rotatable bonds is 1. The van der Waals surface area contributed by atoms with Gasteiger partial charge in [-0.05, 0) is 37.5 Å². The second kappa shape index (κ2) is 4.84. The Kier molecular flexibility index (Phi) is 3.35. The topological polar surface area (TPSA) is 21.3 Å². The van der Waals surface area contributed by atoms with Crippen molar-refractivity contribution in [2.75, 3.05) is 6.54 Å². The molecule has 2 aliphatic rings. The van der Waals surface area contributed by atoms with Crippen LogP contribution in [0.4, 0.5) is 0 Å². The number of ether oxygens (including phenoxy) is 1. The first-order valence-electron chi connectivity index (χ1n) is 6.85. The fraction of sp³-hybridized carbons (Fsp3) is 0.600. The highest BCUT2D eigenvalue weighted by Crippen LogP contribution is 2.41. The molecule has 1 aliphatic carbocycles. The summed E-state index contributed by atoms with van der Waals surface area (Å²) in [4.78, 5) is 0. The molecule has 98 valence electrons. The molecule has 2 unspecified atom stereocenters. The molecule has 0 amide bonds. The standard InChI is InChI=1S/C15H20ClNO/c1-11-14(12-4-6-13(16)7-5-12)18-15(10-17-11)8-2-3-9-15/h4-7,11,14,17H,2-3,8-10H2,1H3. The minimum atomic E-state index is 0.0802. The molecule has 3 rings (SSSR count). The van der Waals surface area contributed by atoms with Gasteiger partial charge in [-0.3, -0.25) is 0 Å². The van der Waals surface area contributed by atoms with Gasteiger partial charge in [-0.1, -0.05) is 36.6 Å². The van der Waals surface area contributed by atoms with E-state index in [-0.39, 0.29) is 11.7 Å². The highest BCUT2D eigenvalue weighted by molar-refractivity contribution is 6.30. The van der Waals surface area contributed by atoms with E-state index in [2.05, 4.69) is 24.4 Å². The summed E-state index contributed by atoms with van der Waals surface area (Å²) in [6.07, 6.45) is 5.12. The van der Waals surface area contributed by atoms with Crippen LogP contribution in [0, 0.1) is 0 Å². The van der Waals surface area contributed by atoms with Gasteiger partial charge in [-0.2, -0.15) is 0 Å². The molecule has 2 atom stereocenters. The number of morpholine rings is 1. The average Bonchev–Trinajstić information content (AvgIpc) is 2.82. The summed E-state index contributed by atoms with van der Waals surface area (Å²) in [7, 11) is 0. The van der Waals surface area contributed by atoms with E-state index < -0.39 is 0 Å². The SMILES string of the molecule is CC1NCC2(CCCC2)OC1c1ccc(Cl)cc1. The zero-order valence-corrected chi connectivity index (χ0v) is 11.5. The first-order chi connectivity index (χ1) is 8.69. The van der Waals surface area contributed by atoms with Crippen LogP contribution >= 0.6 is 11.6 Å². The summed E-state index contributed by atoms with van der Waals surface area (Å²) in [6, 6.07) is 8.42. The molecule has 1 saturated heterocycles. The Labute approximate surface area is 114 Å². The first-order valence-corrected chi connectivity index (χ1v) is 7.23. The second-order valence-electron chi connectivity index (χ2n) is 5.65. The molecule has 0 bridgehead atoms. The third-order valence-electron chi connectivity index (χ3n) is 4.29. The van der Waals surface area contributed by atoms with Gasteiger partial charge in [0.2, 0.25) is 0 Å². The number of benzene rings is 1. The number of halogens is 1. The van der Waals surface area contributed by atoms with Crippen LogP contribution in [0.25, 0.3) is 0 Å². The van der Waals surface area contributed by atoms with Crippen LogP contribution in [0.15, 0.2) is 24.3 Å². The van der Waals surface area contributed by atoms with Crippen LogP contribution in [-0.4, -0.2) is 18.2 Å². The van der Waals surface area contributed by atoms with Gasteiger partial charge in [0.1, 0.15) is 0 Å². The molecule has 1 aromatic carbocycles. The van der Waals surface area contributed by atoms with Crippen molar-refractivity contribution in [2.45, 2.75) is 50.4 Å². The van der Waals surface area contributed by atoms with Crippen molar-refractivity contribution in [1.82, 2.24) is 5.32 Å². The normalized spacial score (nSPS) is 30.8. The maximum absolute atomic E-state index is 6.47. The maximum Gasteiger partial charge on any atom is 0.0983 e. The van der Waals surface area contributed by atoms with Crippen LogP contribution in [0.1, 0.15) is 44.3 Å². The summed E-state index contributed by atoms with van der Waals surface area (Å²) in [5.41, 5.74) is 1.31. The van der Waals surface area contributed by atoms with Gasteiger partial charge in [0.05, 0.1) is 11.7 Å². The largest absolute Gasteiger partial charge is 0.364 e. The van der Waals surface area contributed by atoms with Gasteiger partial charge in [-0.25, -0.2) is 0 Å². The first kappa shape index (κ1) is 12.5. The Hall–Kier alpha value is -0.570. The van der Waals surface area contributed by atoms with Crippen LogP contribution < -0.4 is 5.32 Å². The van der Waals surface area contributed by atoms with Crippen molar-refractivity contribution in [3.8, 4) is 0 Å². The molecule has 1 aliphatic heterocycles. The molecule has 1 saturated carbocycles. The minimum absolute atomic E-state index is 0.0802. The highest BCUT2D eigenvalue weighted by Gasteiger charge is 2.42. The van der Waals surface area contributed by atoms with Crippen LogP contribution in [0.3, 0.4) is 0 Å². The van der Waals surface area contributed by atoms with Gasteiger partial charge in [0.15, 0.2) is 0 Å². The molecule has 3 heteroatoms. The lowest BCUT2D eigenvalue weighted by atomic mass is 9.94. The molecular formula is C15H20ClNO. The third kappa shape index (κ3) is 2.29. The molecule has 18 heavy (non-hydrogen) atoms. The van der Waals surface area contributed by atoms with Gasteiger partial charge in [0.25, 0.3) is 0 Å². The maximum atomic E-state index is 6.47. The van der Waals surface area contributed by atoms with Crippen molar-refractivity contribution in [1.29, 1.82) is 0 Å². The number of hydrogen-bond acceptors (Lipinski definition) is 2. The molecule has 0 radical (unpaired) electrons. The van der Waals surface area contributed by atoms with Crippen molar-refractivity contribution < 1.29 is 4.74 Å². The number of hydrogen-bond donors (Lipinski definition) is 1. The van der Waals surface area contributed by atoms with Crippen LogP contribution in [-0.2, 0) is 4.74 Å². The summed E-state index contributed by atoms with van der Waals surface area (Å²) in [6.45, 7) is 3.19. The Morgan fingerprint density at radius 2 is 1.89 bits per heavy atom. The van der Waals surface area contributed by atoms with E-state index in [0.29, 0.717) is 6.04 Å².